The maximum atomic E-state index is 13.8. The lowest BCUT2D eigenvalue weighted by Gasteiger charge is -2.14. The second kappa shape index (κ2) is 8.39. The molecule has 4 rings (SSSR count). The molecule has 0 spiro atoms. The van der Waals surface area contributed by atoms with Crippen LogP contribution in [0, 0.1) is 12.3 Å². The van der Waals surface area contributed by atoms with Crippen molar-refractivity contribution < 1.29 is 9.18 Å². The third-order valence-electron chi connectivity index (χ3n) is 4.53. The number of nitrogens with one attached hydrogen (secondary N) is 1. The number of carbonyl (C=O) groups excluding carboxylic acids is 1. The van der Waals surface area contributed by atoms with Crippen LogP contribution >= 0.6 is 11.8 Å². The molecule has 1 N–H and O–H groups in total. The maximum absolute atomic E-state index is 13.8. The molecule has 162 valence electrons. The van der Waals surface area contributed by atoms with Crippen LogP contribution in [-0.2, 0) is 17.6 Å². The zero-order valence-corrected chi connectivity index (χ0v) is 18.4. The van der Waals surface area contributed by atoms with E-state index >= 15 is 0 Å². The molecule has 3 aromatic heterocycles. The van der Waals surface area contributed by atoms with E-state index in [4.69, 9.17) is 11.4 Å². The molecule has 0 fully saturated rings. The van der Waals surface area contributed by atoms with Gasteiger partial charge in [0.25, 0.3) is 11.9 Å². The number of fused-ring (bicyclic) bond motifs is 1. The predicted octanol–water partition coefficient (Wildman–Crippen LogP) is 2.90. The van der Waals surface area contributed by atoms with E-state index in [-0.39, 0.29) is 5.82 Å². The SMILES string of the molecule is C#Cc1ccc2nc(SCc3cccc(NC(=O)C(C)(C)F)n3)n(-c3nnnn3C)c2c1. The van der Waals surface area contributed by atoms with Gasteiger partial charge in [0.05, 0.1) is 16.7 Å². The summed E-state index contributed by atoms with van der Waals surface area (Å²) in [4.78, 5) is 21.0. The molecule has 0 bridgehead atoms. The van der Waals surface area contributed by atoms with Crippen molar-refractivity contribution in [1.82, 2.24) is 34.7 Å². The predicted molar refractivity (Wildman–Crippen MR) is 119 cm³/mol. The first-order chi connectivity index (χ1) is 15.3. The number of tetrazole rings is 1. The van der Waals surface area contributed by atoms with Crippen LogP contribution in [0.4, 0.5) is 10.2 Å². The fourth-order valence-corrected chi connectivity index (χ4v) is 3.79. The number of terminal acetylenes is 1. The van der Waals surface area contributed by atoms with Crippen LogP contribution in [0.2, 0.25) is 0 Å². The standard InChI is InChI=1S/C21H19FN8OS/c1-5-13-9-10-15-16(11-13)30(19-26-27-28-29(19)4)20(24-15)32-12-14-7-6-8-17(23-14)25-18(31)21(2,3)22/h1,6-11H,12H2,2-4H3,(H,23,25,31). The maximum Gasteiger partial charge on any atom is 0.262 e. The van der Waals surface area contributed by atoms with Gasteiger partial charge in [-0.05, 0) is 54.6 Å². The molecule has 0 atom stereocenters. The van der Waals surface area contributed by atoms with Crippen LogP contribution in [0.5, 0.6) is 0 Å². The number of nitrogens with zero attached hydrogens (tertiary/aromatic N) is 7. The number of benzene rings is 1. The molecule has 9 nitrogen and oxygen atoms in total. The number of hydrogen-bond donors (Lipinski definition) is 1. The second-order valence-electron chi connectivity index (χ2n) is 7.41. The van der Waals surface area contributed by atoms with Crippen molar-refractivity contribution in [3.63, 3.8) is 0 Å². The Morgan fingerprint density at radius 3 is 2.78 bits per heavy atom. The highest BCUT2D eigenvalue weighted by Crippen LogP contribution is 2.29. The third kappa shape index (κ3) is 4.31. The van der Waals surface area contributed by atoms with E-state index in [1.54, 1.807) is 23.9 Å². The van der Waals surface area contributed by atoms with Crippen LogP contribution in [0.3, 0.4) is 0 Å². The van der Waals surface area contributed by atoms with Gasteiger partial charge in [0.1, 0.15) is 5.82 Å². The van der Waals surface area contributed by atoms with Gasteiger partial charge in [0.15, 0.2) is 10.8 Å². The number of carbonyl (C=O) groups is 1. The van der Waals surface area contributed by atoms with Gasteiger partial charge in [-0.1, -0.05) is 28.8 Å². The Hall–Kier alpha value is -3.78. The Balaban J connectivity index is 1.64. The molecule has 0 saturated heterocycles. The smallest absolute Gasteiger partial charge is 0.262 e. The van der Waals surface area contributed by atoms with Gasteiger partial charge in [-0.3, -0.25) is 9.36 Å². The summed E-state index contributed by atoms with van der Waals surface area (Å²) in [5, 5.41) is 14.9. The lowest BCUT2D eigenvalue weighted by molar-refractivity contribution is -0.125. The Bertz CT molecular complexity index is 1350. The van der Waals surface area contributed by atoms with Crippen LogP contribution in [0.15, 0.2) is 41.6 Å². The van der Waals surface area contributed by atoms with E-state index in [2.05, 4.69) is 31.7 Å². The largest absolute Gasteiger partial charge is 0.308 e. The first kappa shape index (κ1) is 21.5. The highest BCUT2D eigenvalue weighted by molar-refractivity contribution is 7.98. The molecule has 0 aliphatic carbocycles. The van der Waals surface area contributed by atoms with Crippen molar-refractivity contribution in [3.8, 4) is 18.3 Å². The van der Waals surface area contributed by atoms with E-state index in [9.17, 15) is 9.18 Å². The number of anilines is 1. The minimum absolute atomic E-state index is 0.281. The summed E-state index contributed by atoms with van der Waals surface area (Å²) in [6.45, 7) is 2.39. The normalized spacial score (nSPS) is 11.5. The number of thioether (sulfide) groups is 1. The van der Waals surface area contributed by atoms with Crippen molar-refractivity contribution in [3.05, 3.63) is 47.7 Å². The van der Waals surface area contributed by atoms with Gasteiger partial charge < -0.3 is 5.32 Å². The van der Waals surface area contributed by atoms with Crippen LogP contribution < -0.4 is 5.32 Å². The number of alkyl halides is 1. The van der Waals surface area contributed by atoms with Crippen molar-refractivity contribution in [1.29, 1.82) is 0 Å². The molecule has 0 saturated carbocycles. The second-order valence-corrected chi connectivity index (χ2v) is 8.35. The van der Waals surface area contributed by atoms with Gasteiger partial charge in [-0.15, -0.1) is 6.42 Å². The van der Waals surface area contributed by atoms with Crippen LogP contribution in [0.1, 0.15) is 25.1 Å². The van der Waals surface area contributed by atoms with Gasteiger partial charge in [0.2, 0.25) is 0 Å². The lowest BCUT2D eigenvalue weighted by atomic mass is 10.1. The van der Waals surface area contributed by atoms with Crippen molar-refractivity contribution in [2.24, 2.45) is 7.05 Å². The summed E-state index contributed by atoms with van der Waals surface area (Å²) in [6, 6.07) is 10.7. The summed E-state index contributed by atoms with van der Waals surface area (Å²) in [5.74, 6) is 3.09. The molecular formula is C21H19FN8OS. The third-order valence-corrected chi connectivity index (χ3v) is 5.50. The topological polar surface area (TPSA) is 103 Å². The average molecular weight is 451 g/mol. The minimum atomic E-state index is -2.00. The Morgan fingerprint density at radius 2 is 2.09 bits per heavy atom. The molecule has 0 radical (unpaired) electrons. The number of hydrogen-bond acceptors (Lipinski definition) is 7. The molecular weight excluding hydrogens is 431 g/mol. The first-order valence-electron chi connectivity index (χ1n) is 9.57. The summed E-state index contributed by atoms with van der Waals surface area (Å²) in [5.41, 5.74) is 0.918. The monoisotopic (exact) mass is 450 g/mol. The van der Waals surface area contributed by atoms with E-state index in [0.29, 0.717) is 28.1 Å². The van der Waals surface area contributed by atoms with Gasteiger partial charge in [-0.25, -0.2) is 19.0 Å². The van der Waals surface area contributed by atoms with E-state index in [0.717, 1.165) is 11.0 Å². The number of imidazole rings is 1. The fraction of sp³-hybridized carbons (Fsp3) is 0.238. The number of amides is 1. The van der Waals surface area contributed by atoms with Crippen LogP contribution in [-0.4, -0.2) is 46.3 Å². The fourth-order valence-electron chi connectivity index (χ4n) is 2.88. The Labute approximate surface area is 187 Å². The highest BCUT2D eigenvalue weighted by atomic mass is 32.2. The molecule has 4 aromatic rings. The average Bonchev–Trinajstić information content (AvgIpc) is 3.33. The van der Waals surface area contributed by atoms with Gasteiger partial charge >= 0.3 is 0 Å². The molecule has 1 aromatic carbocycles. The molecule has 11 heteroatoms. The molecule has 3 heterocycles. The van der Waals surface area contributed by atoms with E-state index in [1.807, 2.05) is 28.8 Å². The lowest BCUT2D eigenvalue weighted by Crippen LogP contribution is -2.32. The molecule has 1 amide bonds. The molecule has 32 heavy (non-hydrogen) atoms. The van der Waals surface area contributed by atoms with Gasteiger partial charge in [0, 0.05) is 18.4 Å². The Kier molecular flexibility index (Phi) is 5.63. The highest BCUT2D eigenvalue weighted by Gasteiger charge is 2.26. The molecule has 0 aliphatic heterocycles. The molecule has 0 aliphatic rings. The quantitative estimate of drug-likeness (QED) is 0.356. The minimum Gasteiger partial charge on any atom is -0.308 e. The van der Waals surface area contributed by atoms with Gasteiger partial charge in [-0.2, -0.15) is 0 Å². The zero-order chi connectivity index (χ0) is 22.9. The van der Waals surface area contributed by atoms with Crippen molar-refractivity contribution in [2.45, 2.75) is 30.4 Å². The number of rotatable bonds is 6. The van der Waals surface area contributed by atoms with Crippen LogP contribution in [0.25, 0.3) is 17.0 Å². The number of pyridine rings is 1. The summed E-state index contributed by atoms with van der Waals surface area (Å²) in [6.07, 6.45) is 5.56. The first-order valence-corrected chi connectivity index (χ1v) is 10.6. The molecule has 0 unspecified atom stereocenters. The zero-order valence-electron chi connectivity index (χ0n) is 17.6. The van der Waals surface area contributed by atoms with E-state index in [1.165, 1.54) is 25.6 Å². The van der Waals surface area contributed by atoms with E-state index < -0.39 is 11.6 Å². The summed E-state index contributed by atoms with van der Waals surface area (Å²) in [7, 11) is 1.74. The number of halogens is 1. The van der Waals surface area contributed by atoms with Crippen molar-refractivity contribution in [2.75, 3.05) is 5.32 Å². The number of aromatic nitrogens is 7. The van der Waals surface area contributed by atoms with Crippen molar-refractivity contribution >= 4 is 34.5 Å². The summed E-state index contributed by atoms with van der Waals surface area (Å²) < 4.78 is 17.2. The number of aryl methyl sites for hydroxylation is 1. The Morgan fingerprint density at radius 1 is 1.28 bits per heavy atom. The summed E-state index contributed by atoms with van der Waals surface area (Å²) >= 11 is 1.42.